The highest BCUT2D eigenvalue weighted by Crippen LogP contribution is 2.60. The van der Waals surface area contributed by atoms with Gasteiger partial charge in [-0.25, -0.2) is 0 Å². The predicted molar refractivity (Wildman–Crippen MR) is 89.6 cm³/mol. The first-order chi connectivity index (χ1) is 10.6. The van der Waals surface area contributed by atoms with Crippen LogP contribution < -0.4 is 0 Å². The summed E-state index contributed by atoms with van der Waals surface area (Å²) in [4.78, 5) is 11.4. The molecule has 126 valence electrons. The van der Waals surface area contributed by atoms with E-state index in [4.69, 9.17) is 4.74 Å². The zero-order chi connectivity index (χ0) is 15.6. The molecule has 2 heteroatoms. The van der Waals surface area contributed by atoms with Crippen LogP contribution in [0, 0.1) is 17.3 Å². The summed E-state index contributed by atoms with van der Waals surface area (Å²) in [6, 6.07) is 0. The molecule has 0 radical (unpaired) electrons. The lowest BCUT2D eigenvalue weighted by atomic mass is 9.51. The van der Waals surface area contributed by atoms with Crippen molar-refractivity contribution < 1.29 is 9.53 Å². The molecule has 0 atom stereocenters. The van der Waals surface area contributed by atoms with E-state index in [0.29, 0.717) is 5.41 Å². The van der Waals surface area contributed by atoms with E-state index in [9.17, 15) is 4.79 Å². The van der Waals surface area contributed by atoms with Crippen LogP contribution in [0.1, 0.15) is 97.3 Å². The van der Waals surface area contributed by atoms with Gasteiger partial charge in [-0.15, -0.1) is 0 Å². The highest BCUT2D eigenvalue weighted by Gasteiger charge is 2.53. The highest BCUT2D eigenvalue weighted by molar-refractivity contribution is 5.66. The van der Waals surface area contributed by atoms with Gasteiger partial charge < -0.3 is 4.74 Å². The molecule has 0 unspecified atom stereocenters. The second-order valence-electron chi connectivity index (χ2n) is 8.50. The van der Waals surface area contributed by atoms with E-state index < -0.39 is 0 Å². The van der Waals surface area contributed by atoms with Crippen LogP contribution in [0.3, 0.4) is 0 Å². The maximum absolute atomic E-state index is 11.4. The molecule has 4 fully saturated rings. The Morgan fingerprint density at radius 2 is 1.59 bits per heavy atom. The monoisotopic (exact) mass is 306 g/mol. The molecular formula is C20H34O2. The van der Waals surface area contributed by atoms with E-state index in [1.165, 1.54) is 64.2 Å². The fourth-order valence-corrected chi connectivity index (χ4v) is 5.81. The highest BCUT2D eigenvalue weighted by atomic mass is 16.6. The lowest BCUT2D eigenvalue weighted by Gasteiger charge is -2.56. The largest absolute Gasteiger partial charge is 0.459 e. The SMILES string of the molecule is CCCC[C@H]1CC[C@H](C23CCC(OC(C)=O)(CC2)CC3)CC1. The first kappa shape index (κ1) is 16.3. The number of fused-ring (bicyclic) bond motifs is 3. The lowest BCUT2D eigenvalue weighted by molar-refractivity contribution is -0.179. The molecule has 22 heavy (non-hydrogen) atoms. The molecule has 0 amide bonds. The predicted octanol–water partition coefficient (Wildman–Crippen LogP) is 5.64. The molecule has 4 rings (SSSR count). The number of hydrogen-bond acceptors (Lipinski definition) is 2. The summed E-state index contributed by atoms with van der Waals surface area (Å²) in [7, 11) is 0. The third-order valence-electron chi connectivity index (χ3n) is 7.27. The van der Waals surface area contributed by atoms with Crippen LogP contribution in [0.2, 0.25) is 0 Å². The number of esters is 1. The Bertz CT molecular complexity index is 368. The van der Waals surface area contributed by atoms with Crippen molar-refractivity contribution in [1.29, 1.82) is 0 Å². The van der Waals surface area contributed by atoms with Gasteiger partial charge in [0.05, 0.1) is 0 Å². The molecule has 0 aliphatic heterocycles. The van der Waals surface area contributed by atoms with Crippen LogP contribution >= 0.6 is 0 Å². The van der Waals surface area contributed by atoms with Gasteiger partial charge in [0.15, 0.2) is 0 Å². The van der Waals surface area contributed by atoms with Crippen LogP contribution in [0.5, 0.6) is 0 Å². The van der Waals surface area contributed by atoms with Gasteiger partial charge in [-0.3, -0.25) is 4.79 Å². The Kier molecular flexibility index (Phi) is 4.85. The topological polar surface area (TPSA) is 26.3 Å². The summed E-state index contributed by atoms with van der Waals surface area (Å²) in [6.45, 7) is 3.88. The van der Waals surface area contributed by atoms with Gasteiger partial charge >= 0.3 is 5.97 Å². The van der Waals surface area contributed by atoms with Crippen molar-refractivity contribution in [2.75, 3.05) is 0 Å². The van der Waals surface area contributed by atoms with Crippen LogP contribution in [0.15, 0.2) is 0 Å². The minimum atomic E-state index is -0.0779. The molecule has 0 heterocycles. The molecule has 0 aromatic heterocycles. The Morgan fingerprint density at radius 1 is 1.00 bits per heavy atom. The van der Waals surface area contributed by atoms with Crippen molar-refractivity contribution in [2.45, 2.75) is 103 Å². The lowest BCUT2D eigenvalue weighted by Crippen LogP contribution is -2.51. The summed E-state index contributed by atoms with van der Waals surface area (Å²) >= 11 is 0. The van der Waals surface area contributed by atoms with Gasteiger partial charge in [0.2, 0.25) is 0 Å². The summed E-state index contributed by atoms with van der Waals surface area (Å²) in [5, 5.41) is 0. The van der Waals surface area contributed by atoms with Gasteiger partial charge in [-0.2, -0.15) is 0 Å². The third-order valence-corrected chi connectivity index (χ3v) is 7.27. The van der Waals surface area contributed by atoms with Gasteiger partial charge in [-0.1, -0.05) is 39.0 Å². The van der Waals surface area contributed by atoms with Crippen LogP contribution in [-0.4, -0.2) is 11.6 Å². The van der Waals surface area contributed by atoms with E-state index in [0.717, 1.165) is 31.1 Å². The summed E-state index contributed by atoms with van der Waals surface area (Å²) in [5.41, 5.74) is 0.531. The van der Waals surface area contributed by atoms with Crippen molar-refractivity contribution in [3.63, 3.8) is 0 Å². The van der Waals surface area contributed by atoms with Crippen LogP contribution in [0.25, 0.3) is 0 Å². The molecule has 4 aliphatic carbocycles. The molecule has 0 aromatic carbocycles. The third kappa shape index (κ3) is 3.21. The summed E-state index contributed by atoms with van der Waals surface area (Å²) < 4.78 is 5.72. The van der Waals surface area contributed by atoms with E-state index in [-0.39, 0.29) is 11.6 Å². The number of ether oxygens (including phenoxy) is 1. The summed E-state index contributed by atoms with van der Waals surface area (Å²) in [5.74, 6) is 1.90. The number of unbranched alkanes of at least 4 members (excludes halogenated alkanes) is 1. The molecular weight excluding hydrogens is 272 g/mol. The van der Waals surface area contributed by atoms with Gasteiger partial charge in [0.25, 0.3) is 0 Å². The van der Waals surface area contributed by atoms with Gasteiger partial charge in [0, 0.05) is 6.92 Å². The maximum atomic E-state index is 11.4. The van der Waals surface area contributed by atoms with E-state index in [1.807, 2.05) is 0 Å². The zero-order valence-electron chi connectivity index (χ0n) is 14.7. The minimum absolute atomic E-state index is 0.0775. The quantitative estimate of drug-likeness (QED) is 0.614. The van der Waals surface area contributed by atoms with Crippen LogP contribution in [0.4, 0.5) is 0 Å². The van der Waals surface area contributed by atoms with Gasteiger partial charge in [0.1, 0.15) is 5.60 Å². The average Bonchev–Trinajstić information content (AvgIpc) is 2.54. The Balaban J connectivity index is 1.54. The Hall–Kier alpha value is -0.530. The van der Waals surface area contributed by atoms with E-state index in [1.54, 1.807) is 6.92 Å². The standard InChI is InChI=1S/C20H34O2/c1-3-4-5-17-6-8-18(9-7-17)19-10-13-20(14-11-19,15-12-19)22-16(2)21/h17-18H,3-15H2,1-2H3/t17-,18-,19?,20?. The molecule has 0 aromatic rings. The second-order valence-corrected chi connectivity index (χ2v) is 8.50. The number of hydrogen-bond donors (Lipinski definition) is 0. The van der Waals surface area contributed by atoms with Crippen molar-refractivity contribution in [2.24, 2.45) is 17.3 Å². The van der Waals surface area contributed by atoms with Gasteiger partial charge in [-0.05, 0) is 68.6 Å². The minimum Gasteiger partial charge on any atom is -0.459 e. The van der Waals surface area contributed by atoms with Crippen molar-refractivity contribution >= 4 is 5.97 Å². The van der Waals surface area contributed by atoms with Crippen molar-refractivity contribution in [1.82, 2.24) is 0 Å². The molecule has 2 bridgehead atoms. The smallest absolute Gasteiger partial charge is 0.303 e. The van der Waals surface area contributed by atoms with E-state index >= 15 is 0 Å². The van der Waals surface area contributed by atoms with E-state index in [2.05, 4.69) is 6.92 Å². The van der Waals surface area contributed by atoms with Crippen molar-refractivity contribution in [3.05, 3.63) is 0 Å². The molecule has 0 N–H and O–H groups in total. The maximum Gasteiger partial charge on any atom is 0.303 e. The molecule has 4 saturated carbocycles. The zero-order valence-corrected chi connectivity index (χ0v) is 14.7. The molecule has 0 spiro atoms. The number of carbonyl (C=O) groups excluding carboxylic acids is 1. The molecule has 0 saturated heterocycles. The average molecular weight is 306 g/mol. The number of carbonyl (C=O) groups is 1. The Labute approximate surface area is 136 Å². The fourth-order valence-electron chi connectivity index (χ4n) is 5.81. The summed E-state index contributed by atoms with van der Waals surface area (Å²) in [6.07, 6.45) is 17.4. The normalized spacial score (nSPS) is 41.4. The second kappa shape index (κ2) is 6.53. The van der Waals surface area contributed by atoms with Crippen molar-refractivity contribution in [3.8, 4) is 0 Å². The fraction of sp³-hybridized carbons (Fsp3) is 0.950. The number of rotatable bonds is 5. The first-order valence-corrected chi connectivity index (χ1v) is 9.77. The van der Waals surface area contributed by atoms with Crippen LogP contribution in [-0.2, 0) is 9.53 Å². The first-order valence-electron chi connectivity index (χ1n) is 9.77. The molecule has 4 aliphatic rings. The Morgan fingerprint density at radius 3 is 2.09 bits per heavy atom. The molecule has 2 nitrogen and oxygen atoms in total.